The number of thiazole rings is 1. The summed E-state index contributed by atoms with van der Waals surface area (Å²) in [6, 6.07) is 5.76. The van der Waals surface area contributed by atoms with Crippen LogP contribution in [0, 0.1) is 13.8 Å². The number of ether oxygens (including phenoxy) is 1. The van der Waals surface area contributed by atoms with E-state index in [2.05, 4.69) is 4.98 Å². The molecule has 0 radical (unpaired) electrons. The highest BCUT2D eigenvalue weighted by atomic mass is 32.1. The van der Waals surface area contributed by atoms with Gasteiger partial charge in [0.1, 0.15) is 12.4 Å². The van der Waals surface area contributed by atoms with Crippen LogP contribution in [0.2, 0.25) is 0 Å². The fourth-order valence-electron chi connectivity index (χ4n) is 1.39. The highest BCUT2D eigenvalue weighted by Crippen LogP contribution is 2.23. The Morgan fingerprint density at radius 2 is 2.19 bits per heavy atom. The van der Waals surface area contributed by atoms with Crippen LogP contribution in [0.3, 0.4) is 0 Å². The lowest BCUT2D eigenvalue weighted by Gasteiger charge is -2.08. The number of hydrogen-bond acceptors (Lipinski definition) is 4. The molecule has 0 atom stereocenters. The summed E-state index contributed by atoms with van der Waals surface area (Å²) in [4.78, 5) is 4.33. The SMILES string of the molecule is Cc1ccc(N)c(OCc2csc(C)n2)c1. The van der Waals surface area contributed by atoms with E-state index in [-0.39, 0.29) is 0 Å². The van der Waals surface area contributed by atoms with E-state index in [1.54, 1.807) is 11.3 Å². The standard InChI is InChI=1S/C12H14N2OS/c1-8-3-4-11(13)12(5-8)15-6-10-7-16-9(2)14-10/h3-5,7H,6,13H2,1-2H3. The third-order valence-corrected chi connectivity index (χ3v) is 3.03. The smallest absolute Gasteiger partial charge is 0.143 e. The van der Waals surface area contributed by atoms with Gasteiger partial charge in [0, 0.05) is 5.38 Å². The van der Waals surface area contributed by atoms with Gasteiger partial charge in [0.25, 0.3) is 0 Å². The van der Waals surface area contributed by atoms with Crippen molar-refractivity contribution < 1.29 is 4.74 Å². The van der Waals surface area contributed by atoms with Crippen molar-refractivity contribution in [2.24, 2.45) is 0 Å². The van der Waals surface area contributed by atoms with E-state index >= 15 is 0 Å². The summed E-state index contributed by atoms with van der Waals surface area (Å²) < 4.78 is 5.64. The normalized spacial score (nSPS) is 10.4. The van der Waals surface area contributed by atoms with Crippen molar-refractivity contribution in [3.8, 4) is 5.75 Å². The average Bonchev–Trinajstić information content (AvgIpc) is 2.66. The van der Waals surface area contributed by atoms with Crippen molar-refractivity contribution in [2.75, 3.05) is 5.73 Å². The van der Waals surface area contributed by atoms with Crippen molar-refractivity contribution in [3.05, 3.63) is 39.8 Å². The molecule has 1 heterocycles. The molecule has 0 saturated carbocycles. The Hall–Kier alpha value is -1.55. The quantitative estimate of drug-likeness (QED) is 0.831. The second-order valence-corrected chi connectivity index (χ2v) is 4.75. The van der Waals surface area contributed by atoms with Crippen LogP contribution in [0.1, 0.15) is 16.3 Å². The molecule has 0 aliphatic rings. The fraction of sp³-hybridized carbons (Fsp3) is 0.250. The van der Waals surface area contributed by atoms with Gasteiger partial charge >= 0.3 is 0 Å². The molecule has 84 valence electrons. The lowest BCUT2D eigenvalue weighted by atomic mass is 10.2. The first-order valence-corrected chi connectivity index (χ1v) is 5.93. The Labute approximate surface area is 98.9 Å². The van der Waals surface area contributed by atoms with E-state index in [0.717, 1.165) is 22.0 Å². The monoisotopic (exact) mass is 234 g/mol. The summed E-state index contributed by atoms with van der Waals surface area (Å²) in [7, 11) is 0. The number of aryl methyl sites for hydroxylation is 2. The van der Waals surface area contributed by atoms with Gasteiger partial charge < -0.3 is 10.5 Å². The van der Waals surface area contributed by atoms with E-state index in [1.165, 1.54) is 0 Å². The molecule has 1 aromatic heterocycles. The number of rotatable bonds is 3. The Bertz CT molecular complexity index is 494. The molecule has 2 rings (SSSR count). The minimum atomic E-state index is 0.470. The second kappa shape index (κ2) is 4.53. The molecule has 0 bridgehead atoms. The van der Waals surface area contributed by atoms with Crippen LogP contribution in [0.25, 0.3) is 0 Å². The molecule has 4 heteroatoms. The summed E-state index contributed by atoms with van der Waals surface area (Å²) in [5.74, 6) is 0.727. The van der Waals surface area contributed by atoms with Crippen molar-refractivity contribution in [2.45, 2.75) is 20.5 Å². The maximum atomic E-state index is 5.82. The van der Waals surface area contributed by atoms with Crippen LogP contribution in [-0.2, 0) is 6.61 Å². The van der Waals surface area contributed by atoms with Crippen LogP contribution in [-0.4, -0.2) is 4.98 Å². The second-order valence-electron chi connectivity index (χ2n) is 3.69. The minimum absolute atomic E-state index is 0.470. The summed E-state index contributed by atoms with van der Waals surface area (Å²) in [5.41, 5.74) is 8.57. The molecule has 2 aromatic rings. The van der Waals surface area contributed by atoms with Crippen LogP contribution < -0.4 is 10.5 Å². The van der Waals surface area contributed by atoms with E-state index < -0.39 is 0 Å². The van der Waals surface area contributed by atoms with Gasteiger partial charge in [-0.3, -0.25) is 0 Å². The van der Waals surface area contributed by atoms with Crippen LogP contribution in [0.5, 0.6) is 5.75 Å². The number of nitrogens with zero attached hydrogens (tertiary/aromatic N) is 1. The van der Waals surface area contributed by atoms with Crippen molar-refractivity contribution in [1.29, 1.82) is 0 Å². The lowest BCUT2D eigenvalue weighted by molar-refractivity contribution is 0.303. The van der Waals surface area contributed by atoms with Crippen LogP contribution in [0.15, 0.2) is 23.6 Å². The predicted octanol–water partition coefficient (Wildman–Crippen LogP) is 2.92. The van der Waals surface area contributed by atoms with Crippen molar-refractivity contribution in [1.82, 2.24) is 4.98 Å². The van der Waals surface area contributed by atoms with E-state index in [4.69, 9.17) is 10.5 Å². The Morgan fingerprint density at radius 1 is 1.38 bits per heavy atom. The first-order valence-electron chi connectivity index (χ1n) is 5.05. The molecular weight excluding hydrogens is 220 g/mol. The van der Waals surface area contributed by atoms with Crippen molar-refractivity contribution in [3.63, 3.8) is 0 Å². The molecule has 0 aliphatic heterocycles. The van der Waals surface area contributed by atoms with Gasteiger partial charge in [0.05, 0.1) is 16.4 Å². The summed E-state index contributed by atoms with van der Waals surface area (Å²) >= 11 is 1.62. The fourth-order valence-corrected chi connectivity index (χ4v) is 1.99. The lowest BCUT2D eigenvalue weighted by Crippen LogP contribution is -1.99. The molecular formula is C12H14N2OS. The molecule has 0 saturated heterocycles. The molecule has 2 N–H and O–H groups in total. The van der Waals surface area contributed by atoms with Gasteiger partial charge in [-0.1, -0.05) is 6.07 Å². The summed E-state index contributed by atoms with van der Waals surface area (Å²) in [5, 5.41) is 3.05. The Morgan fingerprint density at radius 3 is 2.88 bits per heavy atom. The van der Waals surface area contributed by atoms with Crippen LogP contribution >= 0.6 is 11.3 Å². The van der Waals surface area contributed by atoms with Crippen molar-refractivity contribution >= 4 is 17.0 Å². The number of nitrogen functional groups attached to an aromatic ring is 1. The largest absolute Gasteiger partial charge is 0.485 e. The van der Waals surface area contributed by atoms with Gasteiger partial charge in [0.15, 0.2) is 0 Å². The number of anilines is 1. The Balaban J connectivity index is 2.07. The van der Waals surface area contributed by atoms with Crippen LogP contribution in [0.4, 0.5) is 5.69 Å². The molecule has 3 nitrogen and oxygen atoms in total. The highest BCUT2D eigenvalue weighted by Gasteiger charge is 2.03. The molecule has 1 aromatic carbocycles. The Kier molecular flexibility index (Phi) is 3.10. The summed E-state index contributed by atoms with van der Waals surface area (Å²) in [6.07, 6.45) is 0. The van der Waals surface area contributed by atoms with E-state index in [0.29, 0.717) is 12.3 Å². The first kappa shape index (κ1) is 11.0. The van der Waals surface area contributed by atoms with Gasteiger partial charge in [-0.15, -0.1) is 11.3 Å². The number of aromatic nitrogens is 1. The third-order valence-electron chi connectivity index (χ3n) is 2.21. The average molecular weight is 234 g/mol. The molecule has 0 unspecified atom stereocenters. The first-order chi connectivity index (χ1) is 7.65. The number of hydrogen-bond donors (Lipinski definition) is 1. The maximum Gasteiger partial charge on any atom is 0.143 e. The zero-order valence-corrected chi connectivity index (χ0v) is 10.2. The number of nitrogens with two attached hydrogens (primary N) is 1. The molecule has 0 aliphatic carbocycles. The molecule has 16 heavy (non-hydrogen) atoms. The van der Waals surface area contributed by atoms with E-state index in [1.807, 2.05) is 37.4 Å². The van der Waals surface area contributed by atoms with Gasteiger partial charge in [-0.05, 0) is 31.5 Å². The third kappa shape index (κ3) is 2.52. The zero-order chi connectivity index (χ0) is 11.5. The van der Waals surface area contributed by atoms with Gasteiger partial charge in [-0.25, -0.2) is 4.98 Å². The van der Waals surface area contributed by atoms with Gasteiger partial charge in [0.2, 0.25) is 0 Å². The molecule has 0 fully saturated rings. The number of benzene rings is 1. The van der Waals surface area contributed by atoms with E-state index in [9.17, 15) is 0 Å². The molecule has 0 amide bonds. The van der Waals surface area contributed by atoms with Gasteiger partial charge in [-0.2, -0.15) is 0 Å². The maximum absolute atomic E-state index is 5.82. The predicted molar refractivity (Wildman–Crippen MR) is 66.8 cm³/mol. The minimum Gasteiger partial charge on any atom is -0.485 e. The topological polar surface area (TPSA) is 48.1 Å². The summed E-state index contributed by atoms with van der Waals surface area (Å²) in [6.45, 7) is 4.46. The zero-order valence-electron chi connectivity index (χ0n) is 9.36. The highest BCUT2D eigenvalue weighted by molar-refractivity contribution is 7.09. The molecule has 0 spiro atoms.